The molecule has 1 heterocycles. The van der Waals surface area contributed by atoms with Gasteiger partial charge in [-0.1, -0.05) is 13.3 Å². The van der Waals surface area contributed by atoms with Gasteiger partial charge < -0.3 is 15.4 Å². The summed E-state index contributed by atoms with van der Waals surface area (Å²) >= 11 is 0. The van der Waals surface area contributed by atoms with Crippen LogP contribution >= 0.6 is 0 Å². The first-order valence-corrected chi connectivity index (χ1v) is 10.5. The normalized spacial score (nSPS) is 16.9. The minimum absolute atomic E-state index is 0.154. The smallest absolute Gasteiger partial charge is 0.243 e. The molecule has 0 aliphatic carbocycles. The number of hydrogen-bond donors (Lipinski definition) is 2. The minimum atomic E-state index is -3.56. The van der Waals surface area contributed by atoms with Crippen LogP contribution in [0.1, 0.15) is 39.5 Å². The molecular weight excluding hydrogens is 354 g/mol. The van der Waals surface area contributed by atoms with E-state index >= 15 is 0 Å². The number of carbonyl (C=O) groups is 1. The zero-order chi connectivity index (χ0) is 19.2. The number of hydrogen-bond acceptors (Lipinski definition) is 5. The van der Waals surface area contributed by atoms with Crippen LogP contribution in [0, 0.1) is 0 Å². The number of rotatable bonds is 8. The number of anilines is 1. The quantitative estimate of drug-likeness (QED) is 0.718. The van der Waals surface area contributed by atoms with Gasteiger partial charge in [-0.3, -0.25) is 4.79 Å². The van der Waals surface area contributed by atoms with Crippen molar-refractivity contribution in [3.05, 3.63) is 18.2 Å². The predicted molar refractivity (Wildman–Crippen MR) is 102 cm³/mol. The van der Waals surface area contributed by atoms with Gasteiger partial charge in [0, 0.05) is 19.1 Å². The first-order valence-electron chi connectivity index (χ1n) is 9.10. The number of amides is 1. The molecule has 146 valence electrons. The molecule has 26 heavy (non-hydrogen) atoms. The predicted octanol–water partition coefficient (Wildman–Crippen LogP) is 2.20. The molecule has 1 aliphatic rings. The molecule has 0 saturated carbocycles. The van der Waals surface area contributed by atoms with Gasteiger partial charge in [0.1, 0.15) is 5.75 Å². The van der Waals surface area contributed by atoms with Crippen LogP contribution in [0.5, 0.6) is 5.75 Å². The van der Waals surface area contributed by atoms with Crippen LogP contribution in [-0.2, 0) is 14.8 Å². The molecule has 0 aromatic heterocycles. The first kappa shape index (κ1) is 20.7. The fraction of sp³-hybridized carbons (Fsp3) is 0.611. The second-order valence-electron chi connectivity index (χ2n) is 6.57. The van der Waals surface area contributed by atoms with E-state index in [1.807, 2.05) is 13.8 Å². The lowest BCUT2D eigenvalue weighted by Gasteiger charge is -2.26. The average Bonchev–Trinajstić information content (AvgIpc) is 2.66. The van der Waals surface area contributed by atoms with Crippen molar-refractivity contribution < 1.29 is 17.9 Å². The summed E-state index contributed by atoms with van der Waals surface area (Å²) in [6.07, 6.45) is 3.72. The number of nitrogens with one attached hydrogen (secondary N) is 2. The van der Waals surface area contributed by atoms with Crippen molar-refractivity contribution in [3.63, 3.8) is 0 Å². The largest absolute Gasteiger partial charge is 0.495 e. The van der Waals surface area contributed by atoms with Crippen molar-refractivity contribution in [2.45, 2.75) is 50.5 Å². The maximum atomic E-state index is 12.8. The molecule has 0 radical (unpaired) electrons. The van der Waals surface area contributed by atoms with Crippen LogP contribution in [-0.4, -0.2) is 51.4 Å². The van der Waals surface area contributed by atoms with Crippen LogP contribution in [0.2, 0.25) is 0 Å². The number of benzene rings is 1. The van der Waals surface area contributed by atoms with Crippen LogP contribution in [0.4, 0.5) is 5.69 Å². The Balaban J connectivity index is 2.18. The van der Waals surface area contributed by atoms with E-state index in [0.29, 0.717) is 24.5 Å². The summed E-state index contributed by atoms with van der Waals surface area (Å²) < 4.78 is 32.4. The molecule has 1 aromatic carbocycles. The van der Waals surface area contributed by atoms with Gasteiger partial charge in [-0.25, -0.2) is 8.42 Å². The van der Waals surface area contributed by atoms with Crippen LogP contribution in [0.3, 0.4) is 0 Å². The molecular formula is C18H29N3O4S. The molecule has 2 rings (SSSR count). The van der Waals surface area contributed by atoms with E-state index in [4.69, 9.17) is 4.74 Å². The van der Waals surface area contributed by atoms with E-state index in [0.717, 1.165) is 25.7 Å². The lowest BCUT2D eigenvalue weighted by atomic mass is 10.2. The third kappa shape index (κ3) is 5.18. The molecule has 8 heteroatoms. The van der Waals surface area contributed by atoms with E-state index in [2.05, 4.69) is 10.6 Å². The molecule has 1 unspecified atom stereocenters. The monoisotopic (exact) mass is 383 g/mol. The number of ether oxygens (including phenoxy) is 1. The van der Waals surface area contributed by atoms with Gasteiger partial charge in [-0.15, -0.1) is 0 Å². The highest BCUT2D eigenvalue weighted by Crippen LogP contribution is 2.29. The van der Waals surface area contributed by atoms with E-state index in [1.165, 1.54) is 23.5 Å². The maximum absolute atomic E-state index is 12.8. The summed E-state index contributed by atoms with van der Waals surface area (Å²) in [5.74, 6) is 0.190. The molecule has 0 bridgehead atoms. The minimum Gasteiger partial charge on any atom is -0.495 e. The Kier molecular flexibility index (Phi) is 7.43. The number of carbonyl (C=O) groups excluding carboxylic acids is 1. The fourth-order valence-corrected chi connectivity index (χ4v) is 4.35. The van der Waals surface area contributed by atoms with Crippen molar-refractivity contribution in [2.24, 2.45) is 0 Å². The molecule has 1 aliphatic heterocycles. The second kappa shape index (κ2) is 9.34. The summed E-state index contributed by atoms with van der Waals surface area (Å²) in [6.45, 7) is 5.26. The molecule has 7 nitrogen and oxygen atoms in total. The van der Waals surface area contributed by atoms with Gasteiger partial charge in [0.2, 0.25) is 15.9 Å². The SMILES string of the molecule is CCC(C)NCC(=O)Nc1cc(S(=O)(=O)N2CCCCC2)ccc1OC. The van der Waals surface area contributed by atoms with Gasteiger partial charge in [-0.05, 0) is 44.4 Å². The molecule has 0 spiro atoms. The molecule has 1 aromatic rings. The van der Waals surface area contributed by atoms with E-state index in [-0.39, 0.29) is 23.4 Å². The molecule has 1 atom stereocenters. The van der Waals surface area contributed by atoms with E-state index < -0.39 is 10.0 Å². The Bertz CT molecular complexity index is 715. The number of nitrogens with zero attached hydrogens (tertiary/aromatic N) is 1. The molecule has 1 saturated heterocycles. The summed E-state index contributed by atoms with van der Waals surface area (Å²) in [5, 5.41) is 5.85. The lowest BCUT2D eigenvalue weighted by molar-refractivity contribution is -0.115. The second-order valence-corrected chi connectivity index (χ2v) is 8.50. The number of piperidine rings is 1. The Labute approximate surface area is 156 Å². The van der Waals surface area contributed by atoms with Crippen molar-refractivity contribution in [3.8, 4) is 5.75 Å². The van der Waals surface area contributed by atoms with Crippen molar-refractivity contribution >= 4 is 21.6 Å². The van der Waals surface area contributed by atoms with Crippen LogP contribution in [0.25, 0.3) is 0 Å². The Morgan fingerprint density at radius 2 is 1.96 bits per heavy atom. The first-order chi connectivity index (χ1) is 12.4. The lowest BCUT2D eigenvalue weighted by Crippen LogP contribution is -2.36. The third-order valence-electron chi connectivity index (χ3n) is 4.62. The molecule has 1 amide bonds. The van der Waals surface area contributed by atoms with Gasteiger partial charge in [0.05, 0.1) is 24.2 Å². The summed E-state index contributed by atoms with van der Waals surface area (Å²) in [7, 11) is -2.08. The zero-order valence-corrected chi connectivity index (χ0v) is 16.6. The van der Waals surface area contributed by atoms with Crippen molar-refractivity contribution in [2.75, 3.05) is 32.1 Å². The highest BCUT2D eigenvalue weighted by atomic mass is 32.2. The Hall–Kier alpha value is -1.64. The highest BCUT2D eigenvalue weighted by molar-refractivity contribution is 7.89. The average molecular weight is 384 g/mol. The van der Waals surface area contributed by atoms with Gasteiger partial charge in [0.25, 0.3) is 0 Å². The van der Waals surface area contributed by atoms with Crippen LogP contribution < -0.4 is 15.4 Å². The number of sulfonamides is 1. The summed E-state index contributed by atoms with van der Waals surface area (Å²) in [5.41, 5.74) is 0.363. The Morgan fingerprint density at radius 1 is 1.27 bits per heavy atom. The fourth-order valence-electron chi connectivity index (χ4n) is 2.81. The van der Waals surface area contributed by atoms with Crippen LogP contribution in [0.15, 0.2) is 23.1 Å². The highest BCUT2D eigenvalue weighted by Gasteiger charge is 2.27. The van der Waals surface area contributed by atoms with Gasteiger partial charge in [-0.2, -0.15) is 4.31 Å². The summed E-state index contributed by atoms with van der Waals surface area (Å²) in [4.78, 5) is 12.3. The van der Waals surface area contributed by atoms with Crippen molar-refractivity contribution in [1.82, 2.24) is 9.62 Å². The van der Waals surface area contributed by atoms with Crippen molar-refractivity contribution in [1.29, 1.82) is 0 Å². The summed E-state index contributed by atoms with van der Waals surface area (Å²) in [6, 6.07) is 4.81. The molecule has 2 N–H and O–H groups in total. The zero-order valence-electron chi connectivity index (χ0n) is 15.7. The maximum Gasteiger partial charge on any atom is 0.243 e. The van der Waals surface area contributed by atoms with Gasteiger partial charge >= 0.3 is 0 Å². The molecule has 1 fully saturated rings. The van der Waals surface area contributed by atoms with E-state index in [9.17, 15) is 13.2 Å². The van der Waals surface area contributed by atoms with Gasteiger partial charge in [0.15, 0.2) is 0 Å². The van der Waals surface area contributed by atoms with E-state index in [1.54, 1.807) is 6.07 Å². The standard InChI is InChI=1S/C18H29N3O4S/c1-4-14(2)19-13-18(22)20-16-12-15(8-9-17(16)25-3)26(23,24)21-10-6-5-7-11-21/h8-9,12,14,19H,4-7,10-11,13H2,1-3H3,(H,20,22). The number of methoxy groups -OCH3 is 1. The topological polar surface area (TPSA) is 87.7 Å². The Morgan fingerprint density at radius 3 is 2.58 bits per heavy atom. The third-order valence-corrected chi connectivity index (χ3v) is 6.52.